The molecule has 1 aromatic rings. The number of rotatable bonds is 2. The van der Waals surface area contributed by atoms with E-state index in [-0.39, 0.29) is 12.4 Å². The van der Waals surface area contributed by atoms with E-state index in [4.69, 9.17) is 9.52 Å². The number of carbonyl (C=O) groups excluding carboxylic acids is 1. The predicted molar refractivity (Wildman–Crippen MR) is 36.0 cm³/mol. The zero-order valence-electron chi connectivity index (χ0n) is 6.03. The van der Waals surface area contributed by atoms with Crippen molar-refractivity contribution < 1.29 is 19.1 Å². The Kier molecular flexibility index (Phi) is 2.28. The Bertz CT molecular complexity index is 251. The molecule has 0 aliphatic carbocycles. The summed E-state index contributed by atoms with van der Waals surface area (Å²) in [6.45, 7) is -0.138. The molecule has 0 radical (unpaired) electrons. The van der Waals surface area contributed by atoms with Crippen LogP contribution in [-0.4, -0.2) is 18.2 Å². The van der Waals surface area contributed by atoms with Crippen LogP contribution in [0.5, 0.6) is 0 Å². The van der Waals surface area contributed by atoms with Crippen molar-refractivity contribution >= 4 is 5.97 Å². The number of hydrogen-bond donors (Lipinski definition) is 1. The van der Waals surface area contributed by atoms with Gasteiger partial charge in [-0.15, -0.1) is 0 Å². The standard InChI is InChI=1S/C7H8O4/c1-10-7(9)6-2-5(3-8)4-11-6/h2,4,8H,3H2,1H3. The van der Waals surface area contributed by atoms with Crippen LogP contribution in [0.15, 0.2) is 16.7 Å². The molecule has 4 heteroatoms. The van der Waals surface area contributed by atoms with Gasteiger partial charge in [0.15, 0.2) is 0 Å². The van der Waals surface area contributed by atoms with E-state index < -0.39 is 5.97 Å². The Balaban J connectivity index is 2.80. The minimum Gasteiger partial charge on any atom is -0.463 e. The van der Waals surface area contributed by atoms with Crippen molar-refractivity contribution in [2.45, 2.75) is 6.61 Å². The second-order valence-corrected chi connectivity index (χ2v) is 1.97. The maximum atomic E-state index is 10.7. The van der Waals surface area contributed by atoms with E-state index >= 15 is 0 Å². The van der Waals surface area contributed by atoms with Gasteiger partial charge in [-0.1, -0.05) is 0 Å². The van der Waals surface area contributed by atoms with Crippen LogP contribution in [0.3, 0.4) is 0 Å². The first kappa shape index (κ1) is 7.81. The number of methoxy groups -OCH3 is 1. The van der Waals surface area contributed by atoms with E-state index in [9.17, 15) is 4.79 Å². The molecule has 1 N–H and O–H groups in total. The third-order valence-electron chi connectivity index (χ3n) is 1.22. The largest absolute Gasteiger partial charge is 0.463 e. The van der Waals surface area contributed by atoms with Gasteiger partial charge in [0.25, 0.3) is 0 Å². The first-order valence-electron chi connectivity index (χ1n) is 3.04. The van der Waals surface area contributed by atoms with Crippen molar-refractivity contribution in [3.63, 3.8) is 0 Å². The Hall–Kier alpha value is -1.29. The van der Waals surface area contributed by atoms with Crippen LogP contribution in [0.25, 0.3) is 0 Å². The fraction of sp³-hybridized carbons (Fsp3) is 0.286. The second-order valence-electron chi connectivity index (χ2n) is 1.97. The van der Waals surface area contributed by atoms with Crippen molar-refractivity contribution in [1.29, 1.82) is 0 Å². The van der Waals surface area contributed by atoms with E-state index in [1.165, 1.54) is 19.4 Å². The van der Waals surface area contributed by atoms with Crippen molar-refractivity contribution in [2.75, 3.05) is 7.11 Å². The van der Waals surface area contributed by atoms with Crippen molar-refractivity contribution in [3.05, 3.63) is 23.7 Å². The highest BCUT2D eigenvalue weighted by atomic mass is 16.5. The molecule has 0 aliphatic rings. The summed E-state index contributed by atoms with van der Waals surface area (Å²) in [5.74, 6) is -0.429. The summed E-state index contributed by atoms with van der Waals surface area (Å²) in [7, 11) is 1.27. The third kappa shape index (κ3) is 1.59. The van der Waals surface area contributed by atoms with Gasteiger partial charge in [0.2, 0.25) is 5.76 Å². The van der Waals surface area contributed by atoms with Crippen LogP contribution < -0.4 is 0 Å². The first-order chi connectivity index (χ1) is 5.27. The van der Waals surface area contributed by atoms with Crippen LogP contribution in [0, 0.1) is 0 Å². The van der Waals surface area contributed by atoms with Gasteiger partial charge in [0.05, 0.1) is 20.0 Å². The third-order valence-corrected chi connectivity index (χ3v) is 1.22. The minimum absolute atomic E-state index is 0.108. The van der Waals surface area contributed by atoms with E-state index in [1.807, 2.05) is 0 Å². The average Bonchev–Trinajstić information content (AvgIpc) is 2.50. The molecule has 0 aliphatic heterocycles. The lowest BCUT2D eigenvalue weighted by Gasteiger charge is -1.90. The number of aliphatic hydroxyl groups excluding tert-OH is 1. The van der Waals surface area contributed by atoms with Gasteiger partial charge in [-0.05, 0) is 6.07 Å². The van der Waals surface area contributed by atoms with Gasteiger partial charge in [0.1, 0.15) is 0 Å². The highest BCUT2D eigenvalue weighted by Gasteiger charge is 2.09. The highest BCUT2D eigenvalue weighted by Crippen LogP contribution is 2.08. The van der Waals surface area contributed by atoms with Crippen LogP contribution in [-0.2, 0) is 11.3 Å². The van der Waals surface area contributed by atoms with Gasteiger partial charge < -0.3 is 14.3 Å². The van der Waals surface area contributed by atoms with Crippen molar-refractivity contribution in [1.82, 2.24) is 0 Å². The summed E-state index contributed by atoms with van der Waals surface area (Å²) in [6, 6.07) is 1.44. The molecule has 0 bridgehead atoms. The highest BCUT2D eigenvalue weighted by molar-refractivity contribution is 5.86. The molecular weight excluding hydrogens is 148 g/mol. The molecule has 1 rings (SSSR count). The summed E-state index contributed by atoms with van der Waals surface area (Å²) in [5, 5.41) is 8.59. The van der Waals surface area contributed by atoms with Gasteiger partial charge in [-0.2, -0.15) is 0 Å². The predicted octanol–water partition coefficient (Wildman–Crippen LogP) is 0.558. The topological polar surface area (TPSA) is 59.7 Å². The molecule has 0 aromatic carbocycles. The monoisotopic (exact) mass is 156 g/mol. The molecule has 0 fully saturated rings. The zero-order chi connectivity index (χ0) is 8.27. The first-order valence-corrected chi connectivity index (χ1v) is 3.04. The molecule has 0 amide bonds. The summed E-state index contributed by atoms with van der Waals surface area (Å²) in [6.07, 6.45) is 1.31. The Morgan fingerprint density at radius 3 is 3.00 bits per heavy atom. The molecule has 0 atom stereocenters. The fourth-order valence-electron chi connectivity index (χ4n) is 0.666. The molecule has 0 spiro atoms. The Labute approximate surface area is 63.4 Å². The quantitative estimate of drug-likeness (QED) is 0.635. The number of esters is 1. The summed E-state index contributed by atoms with van der Waals surface area (Å²) in [4.78, 5) is 10.7. The van der Waals surface area contributed by atoms with Crippen molar-refractivity contribution in [2.24, 2.45) is 0 Å². The molecule has 1 heterocycles. The van der Waals surface area contributed by atoms with E-state index in [2.05, 4.69) is 4.74 Å². The second kappa shape index (κ2) is 3.21. The number of hydrogen-bond acceptors (Lipinski definition) is 4. The number of carbonyl (C=O) groups is 1. The van der Waals surface area contributed by atoms with Crippen LogP contribution in [0.1, 0.15) is 16.1 Å². The van der Waals surface area contributed by atoms with E-state index in [0.717, 1.165) is 0 Å². The molecule has 60 valence electrons. The van der Waals surface area contributed by atoms with Gasteiger partial charge in [0, 0.05) is 5.56 Å². The molecule has 0 saturated heterocycles. The molecule has 1 aromatic heterocycles. The summed E-state index contributed by atoms with van der Waals surface area (Å²) >= 11 is 0. The molecule has 11 heavy (non-hydrogen) atoms. The number of aliphatic hydroxyl groups is 1. The maximum absolute atomic E-state index is 10.7. The van der Waals surface area contributed by atoms with Crippen LogP contribution >= 0.6 is 0 Å². The molecule has 0 saturated carbocycles. The van der Waals surface area contributed by atoms with Crippen LogP contribution in [0.4, 0.5) is 0 Å². The summed E-state index contributed by atoms with van der Waals surface area (Å²) in [5.41, 5.74) is 0.561. The fourth-order valence-corrected chi connectivity index (χ4v) is 0.666. The number of furan rings is 1. The van der Waals surface area contributed by atoms with E-state index in [0.29, 0.717) is 5.56 Å². The minimum atomic E-state index is -0.537. The average molecular weight is 156 g/mol. The van der Waals surface area contributed by atoms with E-state index in [1.54, 1.807) is 0 Å². The normalized spacial score (nSPS) is 9.64. The lowest BCUT2D eigenvalue weighted by molar-refractivity contribution is 0.0565. The number of ether oxygens (including phenoxy) is 1. The van der Waals surface area contributed by atoms with Crippen LogP contribution in [0.2, 0.25) is 0 Å². The SMILES string of the molecule is COC(=O)c1cc(CO)co1. The molecule has 4 nitrogen and oxygen atoms in total. The molecule has 0 unspecified atom stereocenters. The zero-order valence-corrected chi connectivity index (χ0v) is 6.03. The lowest BCUT2D eigenvalue weighted by Crippen LogP contribution is -1.98. The van der Waals surface area contributed by atoms with Gasteiger partial charge >= 0.3 is 5.97 Å². The summed E-state index contributed by atoms with van der Waals surface area (Å²) < 4.78 is 9.15. The Morgan fingerprint density at radius 1 is 1.82 bits per heavy atom. The smallest absolute Gasteiger partial charge is 0.373 e. The maximum Gasteiger partial charge on any atom is 0.373 e. The van der Waals surface area contributed by atoms with Gasteiger partial charge in [-0.25, -0.2) is 4.79 Å². The molecular formula is C7H8O4. The Morgan fingerprint density at radius 2 is 2.55 bits per heavy atom. The lowest BCUT2D eigenvalue weighted by atomic mass is 10.3. The van der Waals surface area contributed by atoms with Crippen molar-refractivity contribution in [3.8, 4) is 0 Å². The van der Waals surface area contributed by atoms with Gasteiger partial charge in [-0.3, -0.25) is 0 Å².